The van der Waals surface area contributed by atoms with Gasteiger partial charge in [0.05, 0.1) is 18.4 Å². The first-order valence-corrected chi connectivity index (χ1v) is 7.23. The van der Waals surface area contributed by atoms with E-state index < -0.39 is 5.82 Å². The van der Waals surface area contributed by atoms with Crippen molar-refractivity contribution in [3.8, 4) is 0 Å². The molecular formula is C15H13BrFNO2. The van der Waals surface area contributed by atoms with Gasteiger partial charge >= 0.3 is 0 Å². The Morgan fingerprint density at radius 1 is 1.40 bits per heavy atom. The van der Waals surface area contributed by atoms with Crippen LogP contribution in [0.25, 0.3) is 0 Å². The quantitative estimate of drug-likeness (QED) is 0.845. The molecule has 1 aromatic carbocycles. The fraction of sp³-hybridized carbons (Fsp3) is 0.267. The molecule has 2 aromatic rings. The van der Waals surface area contributed by atoms with Crippen LogP contribution in [0.5, 0.6) is 0 Å². The topological polar surface area (TPSA) is 33.5 Å². The molecular weight excluding hydrogens is 325 g/mol. The molecule has 3 rings (SSSR count). The van der Waals surface area contributed by atoms with E-state index in [0.29, 0.717) is 16.8 Å². The molecule has 1 aliphatic carbocycles. The molecule has 1 saturated carbocycles. The lowest BCUT2D eigenvalue weighted by Gasteiger charge is -2.21. The molecule has 1 heterocycles. The summed E-state index contributed by atoms with van der Waals surface area (Å²) in [5.74, 6) is -0.0772. The number of carbonyl (C=O) groups excluding carboxylic acids is 1. The van der Waals surface area contributed by atoms with Crippen LogP contribution >= 0.6 is 15.9 Å². The first-order chi connectivity index (χ1) is 9.65. The fourth-order valence-corrected chi connectivity index (χ4v) is 2.50. The molecule has 0 radical (unpaired) electrons. The number of benzene rings is 1. The van der Waals surface area contributed by atoms with Gasteiger partial charge in [0.25, 0.3) is 5.91 Å². The molecule has 1 aliphatic rings. The second kappa shape index (κ2) is 5.40. The van der Waals surface area contributed by atoms with Crippen LogP contribution in [-0.4, -0.2) is 16.8 Å². The average molecular weight is 338 g/mol. The standard InChI is InChI=1S/C15H13BrFNO2/c16-10-3-6-14(17)13(8-10)15(19)18(11-4-5-11)9-12-2-1-7-20-12/h1-3,6-8,11H,4-5,9H2. The van der Waals surface area contributed by atoms with Crippen LogP contribution < -0.4 is 0 Å². The van der Waals surface area contributed by atoms with Crippen molar-refractivity contribution in [2.75, 3.05) is 0 Å². The van der Waals surface area contributed by atoms with E-state index >= 15 is 0 Å². The Balaban J connectivity index is 1.87. The summed E-state index contributed by atoms with van der Waals surface area (Å²) in [4.78, 5) is 14.2. The lowest BCUT2D eigenvalue weighted by molar-refractivity contribution is 0.0712. The minimum Gasteiger partial charge on any atom is -0.467 e. The summed E-state index contributed by atoms with van der Waals surface area (Å²) >= 11 is 3.27. The third-order valence-electron chi connectivity index (χ3n) is 3.31. The Hall–Kier alpha value is -1.62. The van der Waals surface area contributed by atoms with E-state index in [1.807, 2.05) is 6.07 Å². The van der Waals surface area contributed by atoms with Crippen molar-refractivity contribution in [3.05, 3.63) is 58.2 Å². The SMILES string of the molecule is O=C(c1cc(Br)ccc1F)N(Cc1ccco1)C1CC1. The van der Waals surface area contributed by atoms with Gasteiger partial charge in [-0.3, -0.25) is 4.79 Å². The van der Waals surface area contributed by atoms with Crippen LogP contribution in [0.1, 0.15) is 29.0 Å². The van der Waals surface area contributed by atoms with Gasteiger partial charge in [-0.25, -0.2) is 4.39 Å². The molecule has 0 saturated heterocycles. The highest BCUT2D eigenvalue weighted by molar-refractivity contribution is 9.10. The maximum atomic E-state index is 13.9. The highest BCUT2D eigenvalue weighted by atomic mass is 79.9. The molecule has 0 unspecified atom stereocenters. The Morgan fingerprint density at radius 2 is 2.20 bits per heavy atom. The molecule has 0 spiro atoms. The number of halogens is 2. The lowest BCUT2D eigenvalue weighted by atomic mass is 10.1. The van der Waals surface area contributed by atoms with Crippen molar-refractivity contribution in [2.24, 2.45) is 0 Å². The molecule has 0 N–H and O–H groups in total. The molecule has 0 atom stereocenters. The van der Waals surface area contributed by atoms with Gasteiger partial charge in [-0.2, -0.15) is 0 Å². The zero-order valence-electron chi connectivity index (χ0n) is 10.7. The molecule has 3 nitrogen and oxygen atoms in total. The number of hydrogen-bond donors (Lipinski definition) is 0. The fourth-order valence-electron chi connectivity index (χ4n) is 2.14. The molecule has 20 heavy (non-hydrogen) atoms. The van der Waals surface area contributed by atoms with Crippen molar-refractivity contribution in [2.45, 2.75) is 25.4 Å². The van der Waals surface area contributed by atoms with E-state index in [1.54, 1.807) is 23.3 Å². The van der Waals surface area contributed by atoms with E-state index in [4.69, 9.17) is 4.42 Å². The van der Waals surface area contributed by atoms with Crippen LogP contribution in [0.2, 0.25) is 0 Å². The van der Waals surface area contributed by atoms with Crippen LogP contribution in [0.15, 0.2) is 45.5 Å². The molecule has 1 fully saturated rings. The van der Waals surface area contributed by atoms with E-state index in [-0.39, 0.29) is 17.5 Å². The first-order valence-electron chi connectivity index (χ1n) is 6.43. The number of carbonyl (C=O) groups is 1. The minimum absolute atomic E-state index is 0.0952. The van der Waals surface area contributed by atoms with Crippen LogP contribution in [0.3, 0.4) is 0 Å². The van der Waals surface area contributed by atoms with E-state index in [2.05, 4.69) is 15.9 Å². The summed E-state index contributed by atoms with van der Waals surface area (Å²) in [5, 5.41) is 0. The second-order valence-electron chi connectivity index (χ2n) is 4.87. The predicted octanol–water partition coefficient (Wildman–Crippen LogP) is 3.99. The number of rotatable bonds is 4. The van der Waals surface area contributed by atoms with E-state index in [1.165, 1.54) is 12.1 Å². The molecule has 0 aliphatic heterocycles. The van der Waals surface area contributed by atoms with Crippen molar-refractivity contribution < 1.29 is 13.6 Å². The predicted molar refractivity (Wildman–Crippen MR) is 75.7 cm³/mol. The average Bonchev–Trinajstić information content (AvgIpc) is 3.15. The highest BCUT2D eigenvalue weighted by Crippen LogP contribution is 2.30. The molecule has 0 bridgehead atoms. The third kappa shape index (κ3) is 2.77. The summed E-state index contributed by atoms with van der Waals surface area (Å²) in [7, 11) is 0. The molecule has 1 aromatic heterocycles. The number of amides is 1. The van der Waals surface area contributed by atoms with Crippen molar-refractivity contribution in [1.82, 2.24) is 4.90 Å². The Labute approximate surface area is 124 Å². The summed E-state index contributed by atoms with van der Waals surface area (Å²) in [6, 6.07) is 8.20. The van der Waals surface area contributed by atoms with Crippen molar-refractivity contribution in [3.63, 3.8) is 0 Å². The molecule has 104 valence electrons. The van der Waals surface area contributed by atoms with Gasteiger partial charge in [0.2, 0.25) is 0 Å². The second-order valence-corrected chi connectivity index (χ2v) is 5.78. The minimum atomic E-state index is -0.497. The van der Waals surface area contributed by atoms with Gasteiger partial charge in [-0.1, -0.05) is 15.9 Å². The van der Waals surface area contributed by atoms with Crippen LogP contribution in [-0.2, 0) is 6.54 Å². The van der Waals surface area contributed by atoms with Gasteiger partial charge in [0, 0.05) is 10.5 Å². The van der Waals surface area contributed by atoms with E-state index in [0.717, 1.165) is 12.8 Å². The zero-order valence-corrected chi connectivity index (χ0v) is 12.3. The monoisotopic (exact) mass is 337 g/mol. The molecule has 1 amide bonds. The summed E-state index contributed by atoms with van der Waals surface area (Å²) in [6.07, 6.45) is 3.49. The Bertz CT molecular complexity index is 623. The van der Waals surface area contributed by atoms with Gasteiger partial charge in [-0.05, 0) is 43.2 Å². The number of furan rings is 1. The largest absolute Gasteiger partial charge is 0.467 e. The summed E-state index contributed by atoms with van der Waals surface area (Å²) in [5.41, 5.74) is 0.0952. The van der Waals surface area contributed by atoms with Gasteiger partial charge in [0.1, 0.15) is 11.6 Å². The zero-order chi connectivity index (χ0) is 14.1. The summed E-state index contributed by atoms with van der Waals surface area (Å²) in [6.45, 7) is 0.377. The van der Waals surface area contributed by atoms with Crippen LogP contribution in [0, 0.1) is 5.82 Å². The molecule has 5 heteroatoms. The normalized spacial score (nSPS) is 14.3. The van der Waals surface area contributed by atoms with E-state index in [9.17, 15) is 9.18 Å². The number of hydrogen-bond acceptors (Lipinski definition) is 2. The maximum Gasteiger partial charge on any atom is 0.257 e. The van der Waals surface area contributed by atoms with Crippen molar-refractivity contribution in [1.29, 1.82) is 0 Å². The lowest BCUT2D eigenvalue weighted by Crippen LogP contribution is -2.33. The first kappa shape index (κ1) is 13.4. The van der Waals surface area contributed by atoms with Crippen LogP contribution in [0.4, 0.5) is 4.39 Å². The smallest absolute Gasteiger partial charge is 0.257 e. The van der Waals surface area contributed by atoms with Gasteiger partial charge < -0.3 is 9.32 Å². The van der Waals surface area contributed by atoms with Gasteiger partial charge in [0.15, 0.2) is 0 Å². The number of nitrogens with zero attached hydrogens (tertiary/aromatic N) is 1. The summed E-state index contributed by atoms with van der Waals surface area (Å²) < 4.78 is 19.8. The Kier molecular flexibility index (Phi) is 3.61. The van der Waals surface area contributed by atoms with Crippen molar-refractivity contribution >= 4 is 21.8 Å². The third-order valence-corrected chi connectivity index (χ3v) is 3.81. The maximum absolute atomic E-state index is 13.9. The highest BCUT2D eigenvalue weighted by Gasteiger charge is 2.34. The Morgan fingerprint density at radius 3 is 2.85 bits per heavy atom. The van der Waals surface area contributed by atoms with Gasteiger partial charge in [-0.15, -0.1) is 0 Å².